The number of carbonyl (C=O) groups excluding carboxylic acids is 2. The van der Waals surface area contributed by atoms with Gasteiger partial charge in [0.1, 0.15) is 50.6 Å². The van der Waals surface area contributed by atoms with Crippen LogP contribution in [0.3, 0.4) is 0 Å². The minimum absolute atomic E-state index is 0.00994. The number of hydrogen-bond acceptors (Lipinski definition) is 3. The van der Waals surface area contributed by atoms with Crippen LogP contribution in [0.5, 0.6) is 5.75 Å². The van der Waals surface area contributed by atoms with E-state index in [1.54, 1.807) is 0 Å². The van der Waals surface area contributed by atoms with Gasteiger partial charge in [-0.1, -0.05) is 37.5 Å². The van der Waals surface area contributed by atoms with Crippen molar-refractivity contribution in [2.24, 2.45) is 0 Å². The van der Waals surface area contributed by atoms with Crippen LogP contribution in [-0.2, 0) is 4.79 Å². The van der Waals surface area contributed by atoms with Crippen LogP contribution in [-0.4, -0.2) is 68.4 Å². The molecule has 3 amide bonds. The number of piperazine rings is 1. The standard InChI is InChI=1S/C21H30N4O3/c26-19-21(9-5-2-6-10-21)22-20(27)25(19)17-24-13-11-23(12-14-24)15-16-28-18-7-3-1-4-8-18/h1,3-4,7-8H,2,5-6,9-17H2,(H,22,27)/p+2. The molecule has 28 heavy (non-hydrogen) atoms. The molecule has 2 saturated heterocycles. The Morgan fingerprint density at radius 2 is 1.64 bits per heavy atom. The molecular formula is C21H32N4O3+2. The van der Waals surface area contributed by atoms with E-state index in [0.29, 0.717) is 13.3 Å². The maximum atomic E-state index is 12.9. The summed E-state index contributed by atoms with van der Waals surface area (Å²) in [6.45, 7) is 6.23. The molecule has 1 aliphatic carbocycles. The molecule has 4 rings (SSSR count). The normalized spacial score (nSPS) is 27.1. The van der Waals surface area contributed by atoms with Crippen molar-refractivity contribution in [1.29, 1.82) is 0 Å². The SMILES string of the molecule is O=C1NC2(CCCCC2)C(=O)N1C[NH+]1CC[NH+](CCOc2ccccc2)CC1. The number of carbonyl (C=O) groups is 2. The number of para-hydroxylation sites is 1. The number of quaternary nitrogens is 2. The number of imide groups is 1. The molecule has 0 aromatic heterocycles. The fraction of sp³-hybridized carbons (Fsp3) is 0.619. The van der Waals surface area contributed by atoms with Gasteiger partial charge in [0.2, 0.25) is 0 Å². The lowest BCUT2D eigenvalue weighted by atomic mass is 9.82. The van der Waals surface area contributed by atoms with Gasteiger partial charge in [-0.15, -0.1) is 0 Å². The van der Waals surface area contributed by atoms with Gasteiger partial charge in [-0.05, 0) is 25.0 Å². The zero-order valence-corrected chi connectivity index (χ0v) is 16.5. The summed E-state index contributed by atoms with van der Waals surface area (Å²) in [5.74, 6) is 0.928. The summed E-state index contributed by atoms with van der Waals surface area (Å²) in [6.07, 6.45) is 4.81. The van der Waals surface area contributed by atoms with Gasteiger partial charge in [0.05, 0.1) is 0 Å². The summed E-state index contributed by atoms with van der Waals surface area (Å²) in [7, 11) is 0. The van der Waals surface area contributed by atoms with Crippen LogP contribution >= 0.6 is 0 Å². The van der Waals surface area contributed by atoms with Gasteiger partial charge in [0.15, 0.2) is 6.67 Å². The van der Waals surface area contributed by atoms with E-state index in [9.17, 15) is 9.59 Å². The van der Waals surface area contributed by atoms with E-state index in [4.69, 9.17) is 4.74 Å². The minimum Gasteiger partial charge on any atom is -0.488 e. The van der Waals surface area contributed by atoms with Gasteiger partial charge in [0.25, 0.3) is 5.91 Å². The number of benzene rings is 1. The minimum atomic E-state index is -0.601. The number of hydrogen-bond donors (Lipinski definition) is 3. The molecule has 152 valence electrons. The van der Waals surface area contributed by atoms with Crippen molar-refractivity contribution >= 4 is 11.9 Å². The van der Waals surface area contributed by atoms with Gasteiger partial charge >= 0.3 is 6.03 Å². The van der Waals surface area contributed by atoms with E-state index in [1.165, 1.54) is 14.7 Å². The van der Waals surface area contributed by atoms with Crippen molar-refractivity contribution in [3.05, 3.63) is 30.3 Å². The van der Waals surface area contributed by atoms with Crippen LogP contribution in [0.15, 0.2) is 30.3 Å². The van der Waals surface area contributed by atoms with E-state index in [-0.39, 0.29) is 11.9 Å². The summed E-state index contributed by atoms with van der Waals surface area (Å²) < 4.78 is 5.80. The van der Waals surface area contributed by atoms with Crippen molar-refractivity contribution in [2.45, 2.75) is 37.6 Å². The average molecular weight is 389 g/mol. The second kappa shape index (κ2) is 8.49. The number of amides is 3. The number of nitrogens with one attached hydrogen (secondary N) is 3. The van der Waals surface area contributed by atoms with Crippen molar-refractivity contribution < 1.29 is 24.1 Å². The van der Waals surface area contributed by atoms with Crippen LogP contribution in [0.2, 0.25) is 0 Å². The van der Waals surface area contributed by atoms with Crippen molar-refractivity contribution in [1.82, 2.24) is 10.2 Å². The first-order valence-electron chi connectivity index (χ1n) is 10.7. The third-order valence-corrected chi connectivity index (χ3v) is 6.47. The lowest BCUT2D eigenvalue weighted by Crippen LogP contribution is -3.28. The Morgan fingerprint density at radius 1 is 0.964 bits per heavy atom. The van der Waals surface area contributed by atoms with Crippen LogP contribution < -0.4 is 19.9 Å². The highest BCUT2D eigenvalue weighted by atomic mass is 16.5. The molecule has 3 fully saturated rings. The predicted octanol–water partition coefficient (Wildman–Crippen LogP) is -0.939. The maximum absolute atomic E-state index is 12.9. The lowest BCUT2D eigenvalue weighted by Gasteiger charge is -2.32. The van der Waals surface area contributed by atoms with E-state index in [1.807, 2.05) is 30.3 Å². The first-order chi connectivity index (χ1) is 13.7. The zero-order chi connectivity index (χ0) is 19.4. The molecule has 0 unspecified atom stereocenters. The van der Waals surface area contributed by atoms with Crippen LogP contribution in [0.4, 0.5) is 4.79 Å². The quantitative estimate of drug-likeness (QED) is 0.551. The Bertz CT molecular complexity index is 682. The Labute approximate surface area is 166 Å². The van der Waals surface area contributed by atoms with E-state index in [0.717, 1.165) is 70.6 Å². The van der Waals surface area contributed by atoms with Crippen molar-refractivity contribution in [3.63, 3.8) is 0 Å². The summed E-state index contributed by atoms with van der Waals surface area (Å²) in [4.78, 5) is 29.7. The molecule has 2 aliphatic heterocycles. The largest absolute Gasteiger partial charge is 0.488 e. The average Bonchev–Trinajstić information content (AvgIpc) is 2.94. The molecule has 7 heteroatoms. The number of rotatable bonds is 6. The first kappa shape index (κ1) is 19.2. The Morgan fingerprint density at radius 3 is 2.36 bits per heavy atom. The number of urea groups is 1. The smallest absolute Gasteiger partial charge is 0.329 e. The predicted molar refractivity (Wildman–Crippen MR) is 104 cm³/mol. The summed E-state index contributed by atoms with van der Waals surface area (Å²) in [5.41, 5.74) is -0.601. The van der Waals surface area contributed by atoms with E-state index in [2.05, 4.69) is 5.32 Å². The van der Waals surface area contributed by atoms with Gasteiger partial charge in [0, 0.05) is 0 Å². The first-order valence-corrected chi connectivity index (χ1v) is 10.7. The third-order valence-electron chi connectivity index (χ3n) is 6.47. The van der Waals surface area contributed by atoms with Crippen LogP contribution in [0.25, 0.3) is 0 Å². The molecule has 0 radical (unpaired) electrons. The van der Waals surface area contributed by atoms with Crippen molar-refractivity contribution in [2.75, 3.05) is 46.0 Å². The highest BCUT2D eigenvalue weighted by molar-refractivity contribution is 6.06. The molecule has 2 heterocycles. The number of nitrogens with zero attached hydrogens (tertiary/aromatic N) is 1. The number of ether oxygens (including phenoxy) is 1. The molecule has 0 bridgehead atoms. The summed E-state index contributed by atoms with van der Waals surface area (Å²) in [5, 5.41) is 3.01. The second-order valence-corrected chi connectivity index (χ2v) is 8.38. The van der Waals surface area contributed by atoms with Gasteiger partial charge in [-0.2, -0.15) is 0 Å². The topological polar surface area (TPSA) is 67.5 Å². The van der Waals surface area contributed by atoms with Crippen LogP contribution in [0.1, 0.15) is 32.1 Å². The fourth-order valence-corrected chi connectivity index (χ4v) is 4.73. The summed E-state index contributed by atoms with van der Waals surface area (Å²) >= 11 is 0. The molecule has 1 aromatic rings. The fourth-order valence-electron chi connectivity index (χ4n) is 4.73. The monoisotopic (exact) mass is 388 g/mol. The molecule has 1 aromatic carbocycles. The molecule has 1 saturated carbocycles. The second-order valence-electron chi connectivity index (χ2n) is 8.38. The van der Waals surface area contributed by atoms with Crippen LogP contribution in [0, 0.1) is 0 Å². The molecule has 7 nitrogen and oxygen atoms in total. The zero-order valence-electron chi connectivity index (χ0n) is 16.5. The molecule has 3 N–H and O–H groups in total. The molecular weight excluding hydrogens is 356 g/mol. The Hall–Kier alpha value is -2.12. The highest BCUT2D eigenvalue weighted by Crippen LogP contribution is 2.33. The third kappa shape index (κ3) is 4.15. The van der Waals surface area contributed by atoms with Gasteiger partial charge in [-0.25, -0.2) is 9.69 Å². The lowest BCUT2D eigenvalue weighted by molar-refractivity contribution is -1.01. The van der Waals surface area contributed by atoms with Crippen molar-refractivity contribution in [3.8, 4) is 5.75 Å². The van der Waals surface area contributed by atoms with Gasteiger partial charge in [-0.3, -0.25) is 4.79 Å². The van der Waals surface area contributed by atoms with Gasteiger partial charge < -0.3 is 19.9 Å². The maximum Gasteiger partial charge on any atom is 0.329 e. The Balaban J connectivity index is 1.21. The highest BCUT2D eigenvalue weighted by Gasteiger charge is 2.52. The van der Waals surface area contributed by atoms with E-state index < -0.39 is 5.54 Å². The molecule has 0 atom stereocenters. The molecule has 1 spiro atoms. The van der Waals surface area contributed by atoms with E-state index >= 15 is 0 Å². The summed E-state index contributed by atoms with van der Waals surface area (Å²) in [6, 6.07) is 9.73. The Kier molecular flexibility index (Phi) is 5.82. The molecule has 3 aliphatic rings.